The van der Waals surface area contributed by atoms with Gasteiger partial charge in [-0.25, -0.2) is 19.9 Å². The summed E-state index contributed by atoms with van der Waals surface area (Å²) in [4.78, 5) is 41.7. The Balaban J connectivity index is 0.000000206. The second-order valence-electron chi connectivity index (χ2n) is 8.06. The van der Waals surface area contributed by atoms with Crippen LogP contribution in [0, 0.1) is 0 Å². The Morgan fingerprint density at radius 2 is 1.16 bits per heavy atom. The van der Waals surface area contributed by atoms with E-state index in [4.69, 9.17) is 0 Å². The highest BCUT2D eigenvalue weighted by atomic mass is 79.9. The molecule has 10 heteroatoms. The molecule has 0 radical (unpaired) electrons. The van der Waals surface area contributed by atoms with E-state index in [1.54, 1.807) is 36.7 Å². The molecular weight excluding hydrogens is 600 g/mol. The molecule has 0 unspecified atom stereocenters. The highest BCUT2D eigenvalue weighted by Crippen LogP contribution is 2.19. The molecule has 0 saturated heterocycles. The van der Waals surface area contributed by atoms with Gasteiger partial charge < -0.3 is 10.2 Å². The van der Waals surface area contributed by atoms with Crippen molar-refractivity contribution in [1.82, 2.24) is 30.2 Å². The van der Waals surface area contributed by atoms with Crippen molar-refractivity contribution in [3.05, 3.63) is 117 Å². The van der Waals surface area contributed by atoms with Crippen LogP contribution in [-0.4, -0.2) is 43.7 Å². The zero-order chi connectivity index (χ0) is 26.8. The summed E-state index contributed by atoms with van der Waals surface area (Å²) in [6.07, 6.45) is 6.24. The van der Waals surface area contributed by atoms with Gasteiger partial charge in [-0.05, 0) is 56.8 Å². The average molecular weight is 626 g/mol. The molecule has 190 valence electrons. The van der Waals surface area contributed by atoms with Gasteiger partial charge in [0.25, 0.3) is 11.8 Å². The smallest absolute Gasteiger partial charge is 0.291 e. The van der Waals surface area contributed by atoms with Gasteiger partial charge in [-0.2, -0.15) is 0 Å². The number of amides is 2. The van der Waals surface area contributed by atoms with Gasteiger partial charge in [0.05, 0.1) is 21.0 Å². The van der Waals surface area contributed by atoms with Crippen LogP contribution >= 0.6 is 31.9 Å². The van der Waals surface area contributed by atoms with Crippen LogP contribution in [0.25, 0.3) is 0 Å². The van der Waals surface area contributed by atoms with Crippen molar-refractivity contribution in [2.24, 2.45) is 0 Å². The molecule has 0 aliphatic rings. The van der Waals surface area contributed by atoms with Crippen LogP contribution in [-0.2, 0) is 0 Å². The molecule has 0 saturated carbocycles. The molecule has 2 heterocycles. The SMILES string of the molecule is C[C@@H](c1ccccc1)N(C)C(=O)c1ncc(Br)cn1.C[C@H](NC(=O)c1ncc(Br)cn1)c1ccccc1. The third-order valence-corrected chi connectivity index (χ3v) is 6.28. The fourth-order valence-electron chi connectivity index (χ4n) is 3.23. The first-order valence-corrected chi connectivity index (χ1v) is 13.0. The molecule has 8 nitrogen and oxygen atoms in total. The first kappa shape index (κ1) is 28.1. The van der Waals surface area contributed by atoms with Gasteiger partial charge in [0.2, 0.25) is 11.6 Å². The highest BCUT2D eigenvalue weighted by molar-refractivity contribution is 9.10. The van der Waals surface area contributed by atoms with E-state index in [2.05, 4.69) is 57.1 Å². The van der Waals surface area contributed by atoms with Crippen LogP contribution in [0.4, 0.5) is 0 Å². The number of hydrogen-bond acceptors (Lipinski definition) is 6. The minimum Gasteiger partial charge on any atom is -0.343 e. The molecule has 2 aromatic carbocycles. The van der Waals surface area contributed by atoms with Gasteiger partial charge in [0.15, 0.2) is 0 Å². The summed E-state index contributed by atoms with van der Waals surface area (Å²) < 4.78 is 1.50. The molecule has 2 amide bonds. The number of hydrogen-bond donors (Lipinski definition) is 1. The van der Waals surface area contributed by atoms with Gasteiger partial charge >= 0.3 is 0 Å². The molecule has 0 aliphatic carbocycles. The van der Waals surface area contributed by atoms with Crippen molar-refractivity contribution >= 4 is 43.7 Å². The molecular formula is C27H26Br2N6O2. The van der Waals surface area contributed by atoms with Crippen LogP contribution < -0.4 is 5.32 Å². The average Bonchev–Trinajstić information content (AvgIpc) is 2.94. The summed E-state index contributed by atoms with van der Waals surface area (Å²) in [5.41, 5.74) is 2.12. The van der Waals surface area contributed by atoms with Crippen LogP contribution in [0.3, 0.4) is 0 Å². The Morgan fingerprint density at radius 1 is 0.730 bits per heavy atom. The highest BCUT2D eigenvalue weighted by Gasteiger charge is 2.20. The third kappa shape index (κ3) is 8.26. The van der Waals surface area contributed by atoms with Crippen molar-refractivity contribution in [3.63, 3.8) is 0 Å². The largest absolute Gasteiger partial charge is 0.343 e. The third-order valence-electron chi connectivity index (χ3n) is 5.47. The van der Waals surface area contributed by atoms with E-state index < -0.39 is 0 Å². The lowest BCUT2D eigenvalue weighted by Crippen LogP contribution is -2.31. The lowest BCUT2D eigenvalue weighted by Gasteiger charge is -2.24. The quantitative estimate of drug-likeness (QED) is 0.291. The molecule has 4 rings (SSSR count). The maximum Gasteiger partial charge on any atom is 0.291 e. The Morgan fingerprint density at radius 3 is 1.65 bits per heavy atom. The summed E-state index contributed by atoms with van der Waals surface area (Å²) in [5.74, 6) is -0.0998. The molecule has 37 heavy (non-hydrogen) atoms. The second-order valence-corrected chi connectivity index (χ2v) is 9.89. The van der Waals surface area contributed by atoms with Gasteiger partial charge in [-0.1, -0.05) is 60.7 Å². The van der Waals surface area contributed by atoms with Crippen molar-refractivity contribution in [3.8, 4) is 0 Å². The van der Waals surface area contributed by atoms with E-state index >= 15 is 0 Å². The number of nitrogens with one attached hydrogen (secondary N) is 1. The molecule has 0 aliphatic heterocycles. The maximum atomic E-state index is 12.3. The van der Waals surface area contributed by atoms with Crippen molar-refractivity contribution in [1.29, 1.82) is 0 Å². The summed E-state index contributed by atoms with van der Waals surface area (Å²) in [5, 5.41) is 2.85. The van der Waals surface area contributed by atoms with Crippen molar-refractivity contribution < 1.29 is 9.59 Å². The van der Waals surface area contributed by atoms with E-state index in [9.17, 15) is 9.59 Å². The topological polar surface area (TPSA) is 101 Å². The maximum absolute atomic E-state index is 12.3. The first-order chi connectivity index (χ1) is 17.8. The number of benzene rings is 2. The summed E-state index contributed by atoms with van der Waals surface area (Å²) in [7, 11) is 1.76. The molecule has 2 aromatic heterocycles. The van der Waals surface area contributed by atoms with Gasteiger partial charge in [-0.15, -0.1) is 0 Å². The minimum absolute atomic E-state index is 0.0269. The predicted molar refractivity (Wildman–Crippen MR) is 149 cm³/mol. The van der Waals surface area contributed by atoms with E-state index in [1.807, 2.05) is 74.5 Å². The minimum atomic E-state index is -0.279. The van der Waals surface area contributed by atoms with Crippen LogP contribution in [0.2, 0.25) is 0 Å². The zero-order valence-electron chi connectivity index (χ0n) is 20.5. The van der Waals surface area contributed by atoms with Gasteiger partial charge in [0.1, 0.15) is 0 Å². The predicted octanol–water partition coefficient (Wildman–Crippen LogP) is 5.80. The zero-order valence-corrected chi connectivity index (χ0v) is 23.7. The first-order valence-electron chi connectivity index (χ1n) is 11.4. The number of halogens is 2. The van der Waals surface area contributed by atoms with E-state index in [0.717, 1.165) is 20.1 Å². The number of carbonyl (C=O) groups is 2. The standard InChI is InChI=1S/C14H14BrN3O.C13H12BrN3O/c1-10(11-6-4-3-5-7-11)18(2)14(19)13-16-8-12(15)9-17-13;1-9(10-5-3-2-4-6-10)17-13(18)12-15-7-11(14)8-16-12/h3-10H,1-2H3;2-9H,1H3,(H,17,18)/t10-;9-/m00/s1. The molecule has 2 atom stereocenters. The molecule has 1 N–H and O–H groups in total. The Bertz CT molecular complexity index is 1290. The Labute approximate surface area is 232 Å². The molecule has 4 aromatic rings. The second kappa shape index (κ2) is 13.7. The summed E-state index contributed by atoms with van der Waals surface area (Å²) >= 11 is 6.47. The van der Waals surface area contributed by atoms with E-state index in [1.165, 1.54) is 0 Å². The summed E-state index contributed by atoms with van der Waals surface area (Å²) in [6, 6.07) is 19.5. The monoisotopic (exact) mass is 624 g/mol. The number of nitrogens with zero attached hydrogens (tertiary/aromatic N) is 5. The lowest BCUT2D eigenvalue weighted by atomic mass is 10.1. The number of aromatic nitrogens is 4. The number of carbonyl (C=O) groups excluding carboxylic acids is 2. The van der Waals surface area contributed by atoms with E-state index in [0.29, 0.717) is 0 Å². The molecule has 0 fully saturated rings. The van der Waals surface area contributed by atoms with Crippen LogP contribution in [0.5, 0.6) is 0 Å². The fraction of sp³-hybridized carbons (Fsp3) is 0.185. The van der Waals surface area contributed by atoms with Gasteiger partial charge in [-0.3, -0.25) is 9.59 Å². The normalized spacial score (nSPS) is 11.9. The van der Waals surface area contributed by atoms with Crippen molar-refractivity contribution in [2.45, 2.75) is 25.9 Å². The fourth-order valence-corrected chi connectivity index (χ4v) is 3.64. The lowest BCUT2D eigenvalue weighted by molar-refractivity contribution is 0.0729. The molecule has 0 bridgehead atoms. The van der Waals surface area contributed by atoms with E-state index in [-0.39, 0.29) is 35.5 Å². The molecule has 0 spiro atoms. The Kier molecular flexibility index (Phi) is 10.4. The van der Waals surface area contributed by atoms with Gasteiger partial charge in [0, 0.05) is 31.8 Å². The van der Waals surface area contributed by atoms with Crippen molar-refractivity contribution in [2.75, 3.05) is 7.05 Å². The van der Waals surface area contributed by atoms with Crippen LogP contribution in [0.1, 0.15) is 58.3 Å². The van der Waals surface area contributed by atoms with Crippen LogP contribution in [0.15, 0.2) is 94.4 Å². The Hall–Kier alpha value is -3.50. The number of rotatable bonds is 6. The summed E-state index contributed by atoms with van der Waals surface area (Å²) in [6.45, 7) is 3.90.